The molecule has 0 saturated heterocycles. The van der Waals surface area contributed by atoms with Gasteiger partial charge in [0.25, 0.3) is 0 Å². The molecule has 1 aromatic heterocycles. The maximum Gasteiger partial charge on any atom is 0.141 e. The van der Waals surface area contributed by atoms with E-state index in [9.17, 15) is 5.11 Å². The van der Waals surface area contributed by atoms with Crippen molar-refractivity contribution in [3.05, 3.63) is 41.7 Å². The fourth-order valence-electron chi connectivity index (χ4n) is 1.81. The highest BCUT2D eigenvalue weighted by molar-refractivity contribution is 5.56. The number of aliphatic hydroxyl groups excluding tert-OH is 1. The molecular weight excluding hydrogens is 202 g/mol. The maximum atomic E-state index is 9.27. The number of hydrogen-bond acceptors (Lipinski definition) is 3. The first-order chi connectivity index (χ1) is 7.77. The quantitative estimate of drug-likeness (QED) is 0.813. The predicted molar refractivity (Wildman–Crippen MR) is 62.5 cm³/mol. The molecule has 0 spiro atoms. The van der Waals surface area contributed by atoms with Gasteiger partial charge in [-0.25, -0.2) is 4.98 Å². The molecule has 1 heterocycles. The lowest BCUT2D eigenvalue weighted by Gasteiger charge is -2.07. The minimum Gasteiger partial charge on any atom is -0.390 e. The summed E-state index contributed by atoms with van der Waals surface area (Å²) < 4.78 is 1.84. The monoisotopic (exact) mass is 217 g/mol. The molecule has 0 amide bonds. The molecule has 2 aromatic rings. The van der Waals surface area contributed by atoms with Gasteiger partial charge in [-0.3, -0.25) is 0 Å². The number of benzene rings is 1. The van der Waals surface area contributed by atoms with Crippen molar-refractivity contribution in [3.63, 3.8) is 0 Å². The van der Waals surface area contributed by atoms with Crippen molar-refractivity contribution in [1.29, 1.82) is 0 Å². The van der Waals surface area contributed by atoms with E-state index in [0.29, 0.717) is 6.67 Å². The summed E-state index contributed by atoms with van der Waals surface area (Å²) in [5.74, 6) is 0.810. The van der Waals surface area contributed by atoms with Gasteiger partial charge < -0.3 is 15.4 Å². The zero-order valence-electron chi connectivity index (χ0n) is 9.22. The maximum absolute atomic E-state index is 9.27. The second-order valence-corrected chi connectivity index (χ2v) is 3.60. The Bertz CT molecular complexity index is 477. The zero-order valence-corrected chi connectivity index (χ0v) is 9.22. The fraction of sp³-hybridized carbons (Fsp3) is 0.250. The van der Waals surface area contributed by atoms with Crippen molar-refractivity contribution < 1.29 is 5.11 Å². The Morgan fingerprint density at radius 1 is 1.31 bits per heavy atom. The van der Waals surface area contributed by atoms with Crippen LogP contribution >= 0.6 is 0 Å². The number of imidazole rings is 1. The number of rotatable bonds is 3. The normalized spacial score (nSPS) is 10.7. The molecule has 0 aliphatic rings. The van der Waals surface area contributed by atoms with Gasteiger partial charge >= 0.3 is 0 Å². The molecule has 2 rings (SSSR count). The van der Waals surface area contributed by atoms with E-state index in [-0.39, 0.29) is 6.61 Å². The van der Waals surface area contributed by atoms with E-state index in [2.05, 4.69) is 4.98 Å². The van der Waals surface area contributed by atoms with Gasteiger partial charge in [0.05, 0.1) is 24.7 Å². The first-order valence-corrected chi connectivity index (χ1v) is 5.20. The van der Waals surface area contributed by atoms with Gasteiger partial charge in [-0.1, -0.05) is 30.3 Å². The summed E-state index contributed by atoms with van der Waals surface area (Å²) in [6.45, 7) is 2.16. The summed E-state index contributed by atoms with van der Waals surface area (Å²) in [7, 11) is 0. The summed E-state index contributed by atoms with van der Waals surface area (Å²) >= 11 is 0. The zero-order chi connectivity index (χ0) is 11.5. The van der Waals surface area contributed by atoms with Crippen LogP contribution in [0.15, 0.2) is 30.3 Å². The van der Waals surface area contributed by atoms with Crippen molar-refractivity contribution in [2.75, 3.05) is 0 Å². The van der Waals surface area contributed by atoms with Crippen molar-refractivity contribution in [3.8, 4) is 11.4 Å². The summed E-state index contributed by atoms with van der Waals surface area (Å²) in [6, 6.07) is 9.83. The summed E-state index contributed by atoms with van der Waals surface area (Å²) in [5, 5.41) is 9.27. The molecule has 0 bridgehead atoms. The van der Waals surface area contributed by atoms with Gasteiger partial charge in [0.1, 0.15) is 5.82 Å². The van der Waals surface area contributed by atoms with Crippen LogP contribution in [0.2, 0.25) is 0 Å². The van der Waals surface area contributed by atoms with E-state index >= 15 is 0 Å². The first-order valence-electron chi connectivity index (χ1n) is 5.20. The molecule has 4 heteroatoms. The topological polar surface area (TPSA) is 64.1 Å². The Kier molecular flexibility index (Phi) is 3.03. The highest BCUT2D eigenvalue weighted by Gasteiger charge is 2.13. The molecule has 0 atom stereocenters. The van der Waals surface area contributed by atoms with Gasteiger partial charge in [0, 0.05) is 5.56 Å². The number of nitrogens with two attached hydrogens (primary N) is 1. The molecule has 0 saturated carbocycles. The molecule has 1 aromatic carbocycles. The van der Waals surface area contributed by atoms with Gasteiger partial charge in [0.15, 0.2) is 0 Å². The molecule has 16 heavy (non-hydrogen) atoms. The lowest BCUT2D eigenvalue weighted by molar-refractivity contribution is 0.270. The first kappa shape index (κ1) is 10.9. The van der Waals surface area contributed by atoms with Crippen LogP contribution in [0, 0.1) is 6.92 Å². The highest BCUT2D eigenvalue weighted by Crippen LogP contribution is 2.21. The van der Waals surface area contributed by atoms with Crippen LogP contribution in [0.3, 0.4) is 0 Å². The third kappa shape index (κ3) is 1.73. The molecule has 0 aliphatic carbocycles. The predicted octanol–water partition coefficient (Wildman–Crippen LogP) is 1.27. The second-order valence-electron chi connectivity index (χ2n) is 3.60. The van der Waals surface area contributed by atoms with E-state index in [4.69, 9.17) is 5.73 Å². The van der Waals surface area contributed by atoms with Crippen molar-refractivity contribution >= 4 is 0 Å². The van der Waals surface area contributed by atoms with E-state index < -0.39 is 0 Å². The van der Waals surface area contributed by atoms with Crippen molar-refractivity contribution in [2.45, 2.75) is 20.2 Å². The molecule has 0 unspecified atom stereocenters. The van der Waals surface area contributed by atoms with Crippen molar-refractivity contribution in [2.24, 2.45) is 5.73 Å². The number of nitrogens with zero attached hydrogens (tertiary/aromatic N) is 2. The molecule has 3 N–H and O–H groups in total. The van der Waals surface area contributed by atoms with Gasteiger partial charge in [0.2, 0.25) is 0 Å². The van der Waals surface area contributed by atoms with Gasteiger partial charge in [-0.2, -0.15) is 0 Å². The minimum atomic E-state index is -0.0388. The Hall–Kier alpha value is -1.65. The number of aryl methyl sites for hydroxylation is 1. The van der Waals surface area contributed by atoms with Gasteiger partial charge in [-0.15, -0.1) is 0 Å². The van der Waals surface area contributed by atoms with Crippen LogP contribution in [0.5, 0.6) is 0 Å². The third-order valence-corrected chi connectivity index (χ3v) is 2.64. The van der Waals surface area contributed by atoms with Gasteiger partial charge in [-0.05, 0) is 6.92 Å². The molecule has 84 valence electrons. The molecule has 4 nitrogen and oxygen atoms in total. The van der Waals surface area contributed by atoms with Crippen LogP contribution in [0.25, 0.3) is 11.4 Å². The molecule has 0 aliphatic heterocycles. The standard InChI is InChI=1S/C12H15N3O/c1-9-11(7-16)15(8-13)12(14-9)10-5-3-2-4-6-10/h2-6,16H,7-8,13H2,1H3. The molecular formula is C12H15N3O. The Morgan fingerprint density at radius 2 is 2.00 bits per heavy atom. The fourth-order valence-corrected chi connectivity index (χ4v) is 1.81. The smallest absolute Gasteiger partial charge is 0.141 e. The Balaban J connectivity index is 2.57. The second kappa shape index (κ2) is 4.47. The SMILES string of the molecule is Cc1nc(-c2ccccc2)n(CN)c1CO. The highest BCUT2D eigenvalue weighted by atomic mass is 16.3. The lowest BCUT2D eigenvalue weighted by atomic mass is 10.2. The largest absolute Gasteiger partial charge is 0.390 e. The Labute approximate surface area is 94.4 Å². The van der Waals surface area contributed by atoms with E-state index in [1.165, 1.54) is 0 Å². The molecule has 0 radical (unpaired) electrons. The Morgan fingerprint density at radius 3 is 2.56 bits per heavy atom. The summed E-state index contributed by atoms with van der Waals surface area (Å²) in [4.78, 5) is 4.45. The van der Waals surface area contributed by atoms with Crippen LogP contribution in [0.1, 0.15) is 11.4 Å². The van der Waals surface area contributed by atoms with Crippen LogP contribution < -0.4 is 5.73 Å². The van der Waals surface area contributed by atoms with E-state index in [0.717, 1.165) is 22.8 Å². The average Bonchev–Trinajstić information content (AvgIpc) is 2.66. The number of aromatic nitrogens is 2. The van der Waals surface area contributed by atoms with Crippen molar-refractivity contribution in [1.82, 2.24) is 9.55 Å². The molecule has 0 fully saturated rings. The summed E-state index contributed by atoms with van der Waals surface area (Å²) in [5.41, 5.74) is 8.30. The van der Waals surface area contributed by atoms with Crippen LogP contribution in [-0.2, 0) is 13.3 Å². The number of hydrogen-bond donors (Lipinski definition) is 2. The number of aliphatic hydroxyl groups is 1. The third-order valence-electron chi connectivity index (χ3n) is 2.64. The van der Waals surface area contributed by atoms with E-state index in [1.54, 1.807) is 0 Å². The lowest BCUT2D eigenvalue weighted by Crippen LogP contribution is -2.12. The van der Waals surface area contributed by atoms with E-state index in [1.807, 2.05) is 41.8 Å². The van der Waals surface area contributed by atoms with Crippen LogP contribution in [0.4, 0.5) is 0 Å². The minimum absolute atomic E-state index is 0.0388. The van der Waals surface area contributed by atoms with Crippen LogP contribution in [-0.4, -0.2) is 14.7 Å². The average molecular weight is 217 g/mol. The summed E-state index contributed by atoms with van der Waals surface area (Å²) in [6.07, 6.45) is 0.